The van der Waals surface area contributed by atoms with Crippen LogP contribution in [0.25, 0.3) is 22.9 Å². The summed E-state index contributed by atoms with van der Waals surface area (Å²) in [7, 11) is 0. The first-order chi connectivity index (χ1) is 24.1. The highest BCUT2D eigenvalue weighted by Gasteiger charge is 2.30. The van der Waals surface area contributed by atoms with E-state index in [0.717, 1.165) is 35.3 Å². The normalized spacial score (nSPS) is 18.4. The Bertz CT molecular complexity index is 1580. The van der Waals surface area contributed by atoms with Crippen molar-refractivity contribution in [1.82, 2.24) is 39.9 Å². The van der Waals surface area contributed by atoms with E-state index in [1.54, 1.807) is 9.80 Å². The number of hydrogen-bond donors (Lipinski definition) is 0. The molecule has 0 radical (unpaired) electrons. The van der Waals surface area contributed by atoms with E-state index in [4.69, 9.17) is 18.5 Å². The fourth-order valence-corrected chi connectivity index (χ4v) is 6.01. The number of carbonyl (C=O) groups excluding carboxylic acids is 2. The van der Waals surface area contributed by atoms with E-state index < -0.39 is 0 Å². The van der Waals surface area contributed by atoms with Crippen LogP contribution in [0.4, 0.5) is 9.59 Å². The smallest absolute Gasteiger partial charge is 0.409 e. The number of rotatable bonds is 8. The van der Waals surface area contributed by atoms with Crippen LogP contribution in [0.1, 0.15) is 50.5 Å². The number of nitrogens with zero attached hydrogens (tertiary/aromatic N) is 8. The second kappa shape index (κ2) is 17.2. The minimum Gasteiger partial charge on any atom is -0.450 e. The van der Waals surface area contributed by atoms with Crippen LogP contribution in [0.15, 0.2) is 57.6 Å². The molecule has 14 heteroatoms. The van der Waals surface area contributed by atoms with Gasteiger partial charge in [-0.2, -0.15) is 9.97 Å². The second-order valence-electron chi connectivity index (χ2n) is 12.7. The fourth-order valence-electron chi connectivity index (χ4n) is 6.01. The molecule has 50 heavy (non-hydrogen) atoms. The van der Waals surface area contributed by atoms with Gasteiger partial charge in [0, 0.05) is 62.5 Å². The molecule has 2 aliphatic rings. The number of aryl methyl sites for hydroxylation is 2. The lowest BCUT2D eigenvalue weighted by atomic mass is 10.1. The molecule has 2 aromatic heterocycles. The monoisotopic (exact) mass is 688 g/mol. The van der Waals surface area contributed by atoms with Crippen LogP contribution in [0.3, 0.4) is 0 Å². The summed E-state index contributed by atoms with van der Waals surface area (Å²) in [6.45, 7) is 18.0. The summed E-state index contributed by atoms with van der Waals surface area (Å²) in [5.74, 6) is 2.40. The van der Waals surface area contributed by atoms with Gasteiger partial charge in [0.25, 0.3) is 11.8 Å². The van der Waals surface area contributed by atoms with E-state index in [1.807, 2.05) is 76.2 Å². The van der Waals surface area contributed by atoms with Gasteiger partial charge >= 0.3 is 12.2 Å². The Morgan fingerprint density at radius 2 is 1.12 bits per heavy atom. The summed E-state index contributed by atoms with van der Waals surface area (Å²) >= 11 is 0. The highest BCUT2D eigenvalue weighted by molar-refractivity contribution is 5.68. The number of aromatic nitrogens is 4. The highest BCUT2D eigenvalue weighted by atomic mass is 16.6. The zero-order valence-corrected chi connectivity index (χ0v) is 29.9. The van der Waals surface area contributed by atoms with Gasteiger partial charge in [0.15, 0.2) is 11.6 Å². The zero-order chi connectivity index (χ0) is 35.6. The molecule has 0 bridgehead atoms. The van der Waals surface area contributed by atoms with Crippen molar-refractivity contribution in [2.24, 2.45) is 0 Å². The number of carbonyl (C=O) groups is 2. The molecule has 4 heterocycles. The lowest BCUT2D eigenvalue weighted by Gasteiger charge is -2.38. The largest absolute Gasteiger partial charge is 0.450 e. The molecule has 0 unspecified atom stereocenters. The van der Waals surface area contributed by atoms with Crippen LogP contribution in [0.5, 0.6) is 0 Å². The quantitative estimate of drug-likeness (QED) is 0.233. The summed E-state index contributed by atoms with van der Waals surface area (Å²) in [6, 6.07) is 16.4. The van der Waals surface area contributed by atoms with Crippen LogP contribution in [0, 0.1) is 13.8 Å². The van der Waals surface area contributed by atoms with Crippen molar-refractivity contribution < 1.29 is 28.1 Å². The predicted octanol–water partition coefficient (Wildman–Crippen LogP) is 5.42. The van der Waals surface area contributed by atoms with Crippen LogP contribution in [-0.2, 0) is 22.6 Å². The zero-order valence-electron chi connectivity index (χ0n) is 29.9. The fraction of sp³-hybridized carbons (Fsp3) is 0.500. The standard InChI is InChI=1S/2C18H24N4O3/c2*1-4-24-18(23)22-9-8-21(14(3)11-22)12-16-19-17(25-20-16)15-7-5-6-13(2)10-15/h2*5-7,10,14H,4,8-9,11-12H2,1-3H3/t2*14-/m10/s1. The van der Waals surface area contributed by atoms with Gasteiger partial charge in [-0.05, 0) is 65.8 Å². The number of piperazine rings is 2. The van der Waals surface area contributed by atoms with Crippen LogP contribution >= 0.6 is 0 Å². The van der Waals surface area contributed by atoms with Crippen LogP contribution < -0.4 is 0 Å². The minimum atomic E-state index is -0.240. The summed E-state index contributed by atoms with van der Waals surface area (Å²) in [6.07, 6.45) is -0.481. The number of ether oxygens (including phenoxy) is 2. The molecule has 0 N–H and O–H groups in total. The molecule has 2 amide bonds. The molecule has 2 fully saturated rings. The van der Waals surface area contributed by atoms with Crippen molar-refractivity contribution in [2.45, 2.75) is 66.7 Å². The summed E-state index contributed by atoms with van der Waals surface area (Å²) < 4.78 is 21.0. The van der Waals surface area contributed by atoms with Gasteiger partial charge < -0.3 is 28.3 Å². The van der Waals surface area contributed by atoms with E-state index in [2.05, 4.69) is 43.9 Å². The molecule has 4 aromatic rings. The molecule has 2 atom stereocenters. The Kier molecular flexibility index (Phi) is 12.6. The van der Waals surface area contributed by atoms with E-state index in [0.29, 0.717) is 75.9 Å². The molecule has 2 aliphatic heterocycles. The Labute approximate surface area is 293 Å². The maximum Gasteiger partial charge on any atom is 0.409 e. The Hall–Kier alpha value is -4.82. The molecule has 0 aliphatic carbocycles. The van der Waals surface area contributed by atoms with Gasteiger partial charge in [0.1, 0.15) is 0 Å². The Balaban J connectivity index is 0.000000194. The third-order valence-electron chi connectivity index (χ3n) is 8.74. The van der Waals surface area contributed by atoms with Crippen LogP contribution in [0.2, 0.25) is 0 Å². The average Bonchev–Trinajstić information content (AvgIpc) is 3.77. The van der Waals surface area contributed by atoms with Gasteiger partial charge in [-0.15, -0.1) is 0 Å². The number of benzene rings is 2. The Morgan fingerprint density at radius 1 is 0.700 bits per heavy atom. The Morgan fingerprint density at radius 3 is 1.48 bits per heavy atom. The van der Waals surface area contributed by atoms with Crippen molar-refractivity contribution in [3.63, 3.8) is 0 Å². The van der Waals surface area contributed by atoms with Gasteiger partial charge in [-0.3, -0.25) is 9.80 Å². The summed E-state index contributed by atoms with van der Waals surface area (Å²) in [5.41, 5.74) is 4.17. The van der Waals surface area contributed by atoms with E-state index in [1.165, 1.54) is 0 Å². The van der Waals surface area contributed by atoms with Crippen LogP contribution in [-0.4, -0.2) is 117 Å². The van der Waals surface area contributed by atoms with Crippen molar-refractivity contribution in [2.75, 3.05) is 52.5 Å². The molecular weight excluding hydrogens is 640 g/mol. The summed E-state index contributed by atoms with van der Waals surface area (Å²) in [5, 5.41) is 8.20. The van der Waals surface area contributed by atoms with Crippen molar-refractivity contribution in [1.29, 1.82) is 0 Å². The van der Waals surface area contributed by atoms with Gasteiger partial charge in [0.2, 0.25) is 0 Å². The van der Waals surface area contributed by atoms with Crippen molar-refractivity contribution in [3.8, 4) is 22.9 Å². The first kappa shape index (κ1) is 36.5. The van der Waals surface area contributed by atoms with E-state index >= 15 is 0 Å². The second-order valence-corrected chi connectivity index (χ2v) is 12.7. The molecule has 2 aromatic carbocycles. The van der Waals surface area contributed by atoms with Gasteiger partial charge in [-0.25, -0.2) is 9.59 Å². The lowest BCUT2D eigenvalue weighted by Crippen LogP contribution is -2.53. The molecular formula is C36H48N8O6. The highest BCUT2D eigenvalue weighted by Crippen LogP contribution is 2.21. The average molecular weight is 689 g/mol. The summed E-state index contributed by atoms with van der Waals surface area (Å²) in [4.78, 5) is 40.7. The van der Waals surface area contributed by atoms with Gasteiger partial charge in [0.05, 0.1) is 26.3 Å². The maximum atomic E-state index is 11.8. The number of amides is 2. The molecule has 0 saturated carbocycles. The lowest BCUT2D eigenvalue weighted by molar-refractivity contribution is 0.0528. The molecule has 0 spiro atoms. The predicted molar refractivity (Wildman–Crippen MR) is 186 cm³/mol. The third kappa shape index (κ3) is 9.66. The first-order valence-corrected chi connectivity index (χ1v) is 17.2. The topological polar surface area (TPSA) is 143 Å². The van der Waals surface area contributed by atoms with E-state index in [-0.39, 0.29) is 24.3 Å². The number of hydrogen-bond acceptors (Lipinski definition) is 12. The maximum absolute atomic E-state index is 11.8. The first-order valence-electron chi connectivity index (χ1n) is 17.2. The third-order valence-corrected chi connectivity index (χ3v) is 8.74. The SMILES string of the molecule is CCOC(=O)N1CCN(Cc2noc(-c3cccc(C)c3)n2)[C@@H](C)C1.CCOC(=O)N1CCN(Cc2noc(-c3cccc(C)c3)n2)[C@H](C)C1. The van der Waals surface area contributed by atoms with Crippen molar-refractivity contribution >= 4 is 12.2 Å². The molecule has 268 valence electrons. The molecule has 6 rings (SSSR count). The molecule has 2 saturated heterocycles. The van der Waals surface area contributed by atoms with Gasteiger partial charge in [-0.1, -0.05) is 45.7 Å². The molecule has 14 nitrogen and oxygen atoms in total. The minimum absolute atomic E-state index is 0.207. The van der Waals surface area contributed by atoms with Crippen molar-refractivity contribution in [3.05, 3.63) is 71.3 Å². The van der Waals surface area contributed by atoms with E-state index in [9.17, 15) is 9.59 Å².